The van der Waals surface area contributed by atoms with Gasteiger partial charge in [0, 0.05) is 19.7 Å². The summed E-state index contributed by atoms with van der Waals surface area (Å²) in [4.78, 5) is 11.8. The highest BCUT2D eigenvalue weighted by Crippen LogP contribution is 2.20. The number of anilines is 1. The van der Waals surface area contributed by atoms with Gasteiger partial charge in [0.25, 0.3) is 5.91 Å². The number of hydrogen-bond donors (Lipinski definition) is 1. The van der Waals surface area contributed by atoms with Crippen LogP contribution in [-0.2, 0) is 34.2 Å². The van der Waals surface area contributed by atoms with Gasteiger partial charge in [-0.1, -0.05) is 13.8 Å². The molecule has 6 nitrogen and oxygen atoms in total. The Hall–Kier alpha value is -1.40. The Kier molecular flexibility index (Phi) is 6.52. The summed E-state index contributed by atoms with van der Waals surface area (Å²) in [5, 5.41) is 7.26. The zero-order valence-electron chi connectivity index (χ0n) is 12.2. The topological polar surface area (TPSA) is 65.4 Å². The summed E-state index contributed by atoms with van der Waals surface area (Å²) >= 11 is 0. The fraction of sp³-hybridized carbons (Fsp3) is 0.692. The summed E-state index contributed by atoms with van der Waals surface area (Å²) < 4.78 is 11.7. The van der Waals surface area contributed by atoms with Gasteiger partial charge in [-0.25, -0.2) is 0 Å². The van der Waals surface area contributed by atoms with E-state index in [2.05, 4.69) is 24.3 Å². The molecule has 1 rings (SSSR count). The van der Waals surface area contributed by atoms with Crippen molar-refractivity contribution in [3.63, 3.8) is 0 Å². The summed E-state index contributed by atoms with van der Waals surface area (Å²) in [6, 6.07) is 0. The standard InChI is InChI=1S/C13H23N3O3/c1-5-10-11(6-2)15-16(3)13(10)14-12(17)9-19-8-7-18-4/h5-9H2,1-4H3,(H,14,17). The van der Waals surface area contributed by atoms with Crippen molar-refractivity contribution in [1.82, 2.24) is 9.78 Å². The molecule has 0 bridgehead atoms. The SMILES string of the molecule is CCc1nn(C)c(NC(=O)COCCOC)c1CC. The van der Waals surface area contributed by atoms with Gasteiger partial charge < -0.3 is 14.8 Å². The second-order valence-corrected chi connectivity index (χ2v) is 4.20. The quantitative estimate of drug-likeness (QED) is 0.719. The van der Waals surface area contributed by atoms with Crippen LogP contribution in [0.2, 0.25) is 0 Å². The molecule has 0 aliphatic carbocycles. The molecule has 1 aromatic rings. The zero-order valence-corrected chi connectivity index (χ0v) is 12.2. The highest BCUT2D eigenvalue weighted by Gasteiger charge is 2.15. The third-order valence-corrected chi connectivity index (χ3v) is 2.84. The highest BCUT2D eigenvalue weighted by atomic mass is 16.5. The van der Waals surface area contributed by atoms with Crippen LogP contribution < -0.4 is 5.32 Å². The average Bonchev–Trinajstić information content (AvgIpc) is 2.71. The molecule has 0 unspecified atom stereocenters. The lowest BCUT2D eigenvalue weighted by Crippen LogP contribution is -2.21. The second-order valence-electron chi connectivity index (χ2n) is 4.20. The minimum Gasteiger partial charge on any atom is -0.382 e. The van der Waals surface area contributed by atoms with Crippen molar-refractivity contribution in [3.05, 3.63) is 11.3 Å². The maximum atomic E-state index is 11.8. The van der Waals surface area contributed by atoms with Crippen molar-refractivity contribution >= 4 is 11.7 Å². The van der Waals surface area contributed by atoms with E-state index >= 15 is 0 Å². The summed E-state index contributed by atoms with van der Waals surface area (Å²) in [6.45, 7) is 5.04. The van der Waals surface area contributed by atoms with Gasteiger partial charge in [-0.15, -0.1) is 0 Å². The second kappa shape index (κ2) is 7.91. The minimum atomic E-state index is -0.170. The van der Waals surface area contributed by atoms with Crippen LogP contribution in [0.15, 0.2) is 0 Å². The lowest BCUT2D eigenvalue weighted by atomic mass is 10.1. The lowest BCUT2D eigenvalue weighted by Gasteiger charge is -2.08. The molecule has 19 heavy (non-hydrogen) atoms. The van der Waals surface area contributed by atoms with E-state index in [1.165, 1.54) is 0 Å². The smallest absolute Gasteiger partial charge is 0.251 e. The van der Waals surface area contributed by atoms with Crippen molar-refractivity contribution in [2.24, 2.45) is 7.05 Å². The zero-order chi connectivity index (χ0) is 14.3. The van der Waals surface area contributed by atoms with E-state index in [0.29, 0.717) is 13.2 Å². The molecule has 0 aromatic carbocycles. The third-order valence-electron chi connectivity index (χ3n) is 2.84. The van der Waals surface area contributed by atoms with Crippen LogP contribution in [0.4, 0.5) is 5.82 Å². The van der Waals surface area contributed by atoms with Crippen LogP contribution in [-0.4, -0.2) is 42.6 Å². The molecule has 1 N–H and O–H groups in total. The number of aryl methyl sites for hydroxylation is 2. The van der Waals surface area contributed by atoms with Gasteiger partial charge in [0.15, 0.2) is 0 Å². The van der Waals surface area contributed by atoms with Crippen LogP contribution in [0.3, 0.4) is 0 Å². The van der Waals surface area contributed by atoms with E-state index in [1.807, 2.05) is 7.05 Å². The Morgan fingerprint density at radius 1 is 1.32 bits per heavy atom. The molecule has 108 valence electrons. The minimum absolute atomic E-state index is 0.0269. The number of ether oxygens (including phenoxy) is 2. The number of aromatic nitrogens is 2. The van der Waals surface area contributed by atoms with Gasteiger partial charge in [-0.2, -0.15) is 5.10 Å². The van der Waals surface area contributed by atoms with Gasteiger partial charge in [-0.05, 0) is 12.8 Å². The molecule has 1 aromatic heterocycles. The van der Waals surface area contributed by atoms with Gasteiger partial charge in [0.2, 0.25) is 0 Å². The Morgan fingerprint density at radius 2 is 2.05 bits per heavy atom. The fourth-order valence-electron chi connectivity index (χ4n) is 1.91. The largest absolute Gasteiger partial charge is 0.382 e. The van der Waals surface area contributed by atoms with E-state index in [0.717, 1.165) is 29.9 Å². The molecule has 0 saturated carbocycles. The number of hydrogen-bond acceptors (Lipinski definition) is 4. The van der Waals surface area contributed by atoms with Crippen molar-refractivity contribution < 1.29 is 14.3 Å². The first-order valence-electron chi connectivity index (χ1n) is 6.55. The van der Waals surface area contributed by atoms with E-state index in [4.69, 9.17) is 9.47 Å². The number of methoxy groups -OCH3 is 1. The molecule has 1 amide bonds. The first kappa shape index (κ1) is 15.7. The van der Waals surface area contributed by atoms with Crippen molar-refractivity contribution in [2.45, 2.75) is 26.7 Å². The van der Waals surface area contributed by atoms with Gasteiger partial charge in [0.05, 0.1) is 18.9 Å². The normalized spacial score (nSPS) is 10.7. The maximum Gasteiger partial charge on any atom is 0.251 e. The van der Waals surface area contributed by atoms with Crippen LogP contribution in [0, 0.1) is 0 Å². The highest BCUT2D eigenvalue weighted by molar-refractivity contribution is 5.91. The van der Waals surface area contributed by atoms with E-state index in [9.17, 15) is 4.79 Å². The van der Waals surface area contributed by atoms with Crippen molar-refractivity contribution in [3.8, 4) is 0 Å². The fourth-order valence-corrected chi connectivity index (χ4v) is 1.91. The van der Waals surface area contributed by atoms with Crippen LogP contribution in [0.5, 0.6) is 0 Å². The Labute approximate surface area is 114 Å². The van der Waals surface area contributed by atoms with Crippen molar-refractivity contribution in [2.75, 3.05) is 32.2 Å². The third kappa shape index (κ3) is 4.33. The van der Waals surface area contributed by atoms with Crippen LogP contribution in [0.25, 0.3) is 0 Å². The number of rotatable bonds is 8. The summed E-state index contributed by atoms with van der Waals surface area (Å²) in [6.07, 6.45) is 1.70. The average molecular weight is 269 g/mol. The molecule has 0 saturated heterocycles. The number of nitrogens with one attached hydrogen (secondary N) is 1. The molecule has 0 atom stereocenters. The Morgan fingerprint density at radius 3 is 2.63 bits per heavy atom. The molecule has 6 heteroatoms. The molecule has 0 aliphatic rings. The summed E-state index contributed by atoms with van der Waals surface area (Å²) in [7, 11) is 3.43. The van der Waals surface area contributed by atoms with Crippen LogP contribution >= 0.6 is 0 Å². The van der Waals surface area contributed by atoms with Gasteiger partial charge in [-0.3, -0.25) is 9.48 Å². The van der Waals surface area contributed by atoms with E-state index in [-0.39, 0.29) is 12.5 Å². The molecule has 0 fully saturated rings. The van der Waals surface area contributed by atoms with Gasteiger partial charge >= 0.3 is 0 Å². The predicted octanol–water partition coefficient (Wildman–Crippen LogP) is 1.15. The Bertz CT molecular complexity index is 416. The number of carbonyl (C=O) groups is 1. The first-order chi connectivity index (χ1) is 9.13. The predicted molar refractivity (Wildman–Crippen MR) is 73.3 cm³/mol. The first-order valence-corrected chi connectivity index (χ1v) is 6.55. The molecular weight excluding hydrogens is 246 g/mol. The van der Waals surface area contributed by atoms with Crippen LogP contribution in [0.1, 0.15) is 25.1 Å². The molecule has 0 spiro atoms. The molecule has 1 heterocycles. The van der Waals surface area contributed by atoms with E-state index < -0.39 is 0 Å². The number of nitrogens with zero attached hydrogens (tertiary/aromatic N) is 2. The molecular formula is C13H23N3O3. The monoisotopic (exact) mass is 269 g/mol. The maximum absolute atomic E-state index is 11.8. The lowest BCUT2D eigenvalue weighted by molar-refractivity contribution is -0.121. The summed E-state index contributed by atoms with van der Waals surface area (Å²) in [5.74, 6) is 0.594. The molecule has 0 radical (unpaired) electrons. The molecule has 0 aliphatic heterocycles. The Balaban J connectivity index is 2.61. The van der Waals surface area contributed by atoms with Crippen molar-refractivity contribution in [1.29, 1.82) is 0 Å². The summed E-state index contributed by atoms with van der Waals surface area (Å²) in [5.41, 5.74) is 2.12. The number of amides is 1. The van der Waals surface area contributed by atoms with Gasteiger partial charge in [0.1, 0.15) is 12.4 Å². The number of carbonyl (C=O) groups excluding carboxylic acids is 1. The van der Waals surface area contributed by atoms with E-state index in [1.54, 1.807) is 11.8 Å².